The molecule has 0 unspecified atom stereocenters. The summed E-state index contributed by atoms with van der Waals surface area (Å²) < 4.78 is 5.43. The molecule has 128 valence electrons. The summed E-state index contributed by atoms with van der Waals surface area (Å²) in [5, 5.41) is 3.12. The lowest BCUT2D eigenvalue weighted by atomic mass is 10.0. The van der Waals surface area contributed by atoms with Crippen LogP contribution in [-0.2, 0) is 9.59 Å². The number of ether oxygens (including phenoxy) is 1. The molecule has 5 heteroatoms. The van der Waals surface area contributed by atoms with Crippen LogP contribution in [0.2, 0.25) is 0 Å². The predicted octanol–water partition coefficient (Wildman–Crippen LogP) is 3.22. The van der Waals surface area contributed by atoms with Crippen molar-refractivity contribution in [3.05, 3.63) is 65.4 Å². The summed E-state index contributed by atoms with van der Waals surface area (Å²) >= 11 is 0. The molecule has 0 radical (unpaired) electrons. The summed E-state index contributed by atoms with van der Waals surface area (Å²) in [6.45, 7) is 4.46. The van der Waals surface area contributed by atoms with Gasteiger partial charge in [0.25, 0.3) is 11.8 Å². The number of hydrogen-bond acceptors (Lipinski definition) is 4. The Bertz CT molecular complexity index is 853. The van der Waals surface area contributed by atoms with Gasteiger partial charge in [0.05, 0.1) is 12.2 Å². The smallest absolute Gasteiger partial charge is 0.277 e. The second kappa shape index (κ2) is 6.81. The second-order valence-corrected chi connectivity index (χ2v) is 5.87. The molecule has 1 aliphatic rings. The van der Waals surface area contributed by atoms with Crippen molar-refractivity contribution in [1.82, 2.24) is 4.90 Å². The summed E-state index contributed by atoms with van der Waals surface area (Å²) in [6.07, 6.45) is 0. The first-order chi connectivity index (χ1) is 12.0. The number of nitrogens with zero attached hydrogens (tertiary/aromatic N) is 1. The standard InChI is InChI=1S/C20H20N2O3/c1-4-25-16-10-8-14(9-11-16)17-18(20(24)22(3)19(17)23)21-15-7-5-6-13(2)12-15/h5-12,21H,4H2,1-3H3. The van der Waals surface area contributed by atoms with Gasteiger partial charge in [-0.3, -0.25) is 14.5 Å². The number of nitrogens with one attached hydrogen (secondary N) is 1. The molecule has 2 amide bonds. The number of carbonyl (C=O) groups excluding carboxylic acids is 2. The maximum atomic E-state index is 12.6. The molecule has 3 rings (SSSR count). The van der Waals surface area contributed by atoms with Crippen molar-refractivity contribution in [3.8, 4) is 5.75 Å². The molecule has 0 saturated heterocycles. The molecule has 0 bridgehead atoms. The molecular weight excluding hydrogens is 316 g/mol. The van der Waals surface area contributed by atoms with Crippen LogP contribution in [0.15, 0.2) is 54.2 Å². The van der Waals surface area contributed by atoms with Gasteiger partial charge in [0.1, 0.15) is 11.4 Å². The maximum Gasteiger partial charge on any atom is 0.277 e. The summed E-state index contributed by atoms with van der Waals surface area (Å²) in [6, 6.07) is 14.9. The van der Waals surface area contributed by atoms with Gasteiger partial charge in [-0.2, -0.15) is 0 Å². The number of aryl methyl sites for hydroxylation is 1. The van der Waals surface area contributed by atoms with Gasteiger partial charge in [0.2, 0.25) is 0 Å². The Morgan fingerprint density at radius 1 is 1.04 bits per heavy atom. The molecule has 0 aromatic heterocycles. The summed E-state index contributed by atoms with van der Waals surface area (Å²) in [5.74, 6) is 0.0740. The highest BCUT2D eigenvalue weighted by atomic mass is 16.5. The lowest BCUT2D eigenvalue weighted by Gasteiger charge is -2.09. The SMILES string of the molecule is CCOc1ccc(C2=C(Nc3cccc(C)c3)C(=O)N(C)C2=O)cc1. The molecular formula is C20H20N2O3. The third kappa shape index (κ3) is 3.26. The highest BCUT2D eigenvalue weighted by Crippen LogP contribution is 2.30. The molecule has 1 N–H and O–H groups in total. The zero-order valence-electron chi connectivity index (χ0n) is 14.5. The van der Waals surface area contributed by atoms with E-state index in [0.717, 1.165) is 21.9 Å². The third-order valence-corrected chi connectivity index (χ3v) is 4.03. The van der Waals surface area contributed by atoms with Crippen LogP contribution in [0.1, 0.15) is 18.1 Å². The molecule has 0 atom stereocenters. The van der Waals surface area contributed by atoms with E-state index in [1.165, 1.54) is 7.05 Å². The molecule has 0 spiro atoms. The zero-order chi connectivity index (χ0) is 18.0. The van der Waals surface area contributed by atoms with Crippen molar-refractivity contribution in [2.75, 3.05) is 19.0 Å². The van der Waals surface area contributed by atoms with Crippen LogP contribution in [0.5, 0.6) is 5.75 Å². The molecule has 1 heterocycles. The van der Waals surface area contributed by atoms with Gasteiger partial charge in [-0.25, -0.2) is 0 Å². The maximum absolute atomic E-state index is 12.6. The van der Waals surface area contributed by atoms with Crippen molar-refractivity contribution >= 4 is 23.1 Å². The van der Waals surface area contributed by atoms with Gasteiger partial charge < -0.3 is 10.1 Å². The van der Waals surface area contributed by atoms with Crippen LogP contribution < -0.4 is 10.1 Å². The van der Waals surface area contributed by atoms with E-state index in [1.807, 2.05) is 38.1 Å². The fourth-order valence-electron chi connectivity index (χ4n) is 2.78. The number of benzene rings is 2. The van der Waals surface area contributed by atoms with Crippen LogP contribution in [0.25, 0.3) is 5.57 Å². The van der Waals surface area contributed by atoms with Crippen molar-refractivity contribution in [2.45, 2.75) is 13.8 Å². The van der Waals surface area contributed by atoms with E-state index in [0.29, 0.717) is 23.4 Å². The van der Waals surface area contributed by atoms with Crippen molar-refractivity contribution in [2.24, 2.45) is 0 Å². The summed E-state index contributed by atoms with van der Waals surface area (Å²) in [5.41, 5.74) is 3.19. The summed E-state index contributed by atoms with van der Waals surface area (Å²) in [7, 11) is 1.49. The minimum atomic E-state index is -0.338. The average molecular weight is 336 g/mol. The van der Waals surface area contributed by atoms with Gasteiger partial charge in [-0.15, -0.1) is 0 Å². The number of imide groups is 1. The average Bonchev–Trinajstić information content (AvgIpc) is 2.80. The Labute approximate surface area is 146 Å². The molecule has 2 aromatic rings. The quantitative estimate of drug-likeness (QED) is 0.852. The van der Waals surface area contributed by atoms with Gasteiger partial charge in [0, 0.05) is 12.7 Å². The fourth-order valence-corrected chi connectivity index (χ4v) is 2.78. The van der Waals surface area contributed by atoms with Crippen molar-refractivity contribution in [3.63, 3.8) is 0 Å². The van der Waals surface area contributed by atoms with Crippen LogP contribution in [0.3, 0.4) is 0 Å². The van der Waals surface area contributed by atoms with Crippen molar-refractivity contribution in [1.29, 1.82) is 0 Å². The molecule has 1 aliphatic heterocycles. The number of amides is 2. The number of rotatable bonds is 5. The normalized spacial score (nSPS) is 14.3. The van der Waals surface area contributed by atoms with Crippen LogP contribution in [0.4, 0.5) is 5.69 Å². The molecule has 2 aromatic carbocycles. The predicted molar refractivity (Wildman–Crippen MR) is 97.1 cm³/mol. The molecule has 0 saturated carbocycles. The Balaban J connectivity index is 2.02. The van der Waals surface area contributed by atoms with Gasteiger partial charge in [-0.05, 0) is 49.2 Å². The minimum Gasteiger partial charge on any atom is -0.494 e. The first-order valence-electron chi connectivity index (χ1n) is 8.15. The largest absolute Gasteiger partial charge is 0.494 e. The monoisotopic (exact) mass is 336 g/mol. The van der Waals surface area contributed by atoms with Crippen LogP contribution in [-0.4, -0.2) is 30.4 Å². The first kappa shape index (κ1) is 16.8. The van der Waals surface area contributed by atoms with Gasteiger partial charge in [0.15, 0.2) is 0 Å². The van der Waals surface area contributed by atoms with Gasteiger partial charge >= 0.3 is 0 Å². The second-order valence-electron chi connectivity index (χ2n) is 5.87. The topological polar surface area (TPSA) is 58.6 Å². The van der Waals surface area contributed by atoms with E-state index in [9.17, 15) is 9.59 Å². The highest BCUT2D eigenvalue weighted by molar-refractivity contribution is 6.36. The van der Waals surface area contributed by atoms with E-state index in [4.69, 9.17) is 4.74 Å². The fraction of sp³-hybridized carbons (Fsp3) is 0.200. The minimum absolute atomic E-state index is 0.294. The Morgan fingerprint density at radius 3 is 2.40 bits per heavy atom. The van der Waals surface area contributed by atoms with E-state index >= 15 is 0 Å². The number of anilines is 1. The Morgan fingerprint density at radius 2 is 1.76 bits per heavy atom. The molecule has 5 nitrogen and oxygen atoms in total. The van der Waals surface area contributed by atoms with Crippen LogP contribution >= 0.6 is 0 Å². The van der Waals surface area contributed by atoms with Crippen LogP contribution in [0, 0.1) is 6.92 Å². The number of hydrogen-bond donors (Lipinski definition) is 1. The Kier molecular flexibility index (Phi) is 4.57. The number of likely N-dealkylation sites (N-methyl/N-ethyl adjacent to an activating group) is 1. The lowest BCUT2D eigenvalue weighted by molar-refractivity contribution is -0.135. The highest BCUT2D eigenvalue weighted by Gasteiger charge is 2.36. The molecule has 25 heavy (non-hydrogen) atoms. The molecule has 0 aliphatic carbocycles. The van der Waals surface area contributed by atoms with E-state index in [1.54, 1.807) is 24.3 Å². The van der Waals surface area contributed by atoms with E-state index in [-0.39, 0.29) is 11.8 Å². The zero-order valence-corrected chi connectivity index (χ0v) is 14.5. The molecule has 0 fully saturated rings. The summed E-state index contributed by atoms with van der Waals surface area (Å²) in [4.78, 5) is 26.2. The lowest BCUT2D eigenvalue weighted by Crippen LogP contribution is -2.27. The van der Waals surface area contributed by atoms with E-state index in [2.05, 4.69) is 5.32 Å². The van der Waals surface area contributed by atoms with Crippen molar-refractivity contribution < 1.29 is 14.3 Å². The number of carbonyl (C=O) groups is 2. The first-order valence-corrected chi connectivity index (χ1v) is 8.15. The van der Waals surface area contributed by atoms with E-state index < -0.39 is 0 Å². The Hall–Kier alpha value is -3.08. The third-order valence-electron chi connectivity index (χ3n) is 4.03. The van der Waals surface area contributed by atoms with Gasteiger partial charge in [-0.1, -0.05) is 24.3 Å².